The molecule has 14 heteroatoms. The number of likely N-dealkylation sites (tertiary alicyclic amines) is 1. The lowest BCUT2D eigenvalue weighted by molar-refractivity contribution is -0.143. The maximum Gasteiger partial charge on any atom is 0.416 e. The highest BCUT2D eigenvalue weighted by atomic mass is 35.5. The molecule has 0 spiro atoms. The molecule has 1 fully saturated rings. The Morgan fingerprint density at radius 1 is 1.05 bits per heavy atom. The van der Waals surface area contributed by atoms with Crippen molar-refractivity contribution in [2.75, 3.05) is 19.6 Å². The lowest BCUT2D eigenvalue weighted by atomic mass is 10.0. The number of nitrogens with zero attached hydrogens (tertiary/aromatic N) is 4. The van der Waals surface area contributed by atoms with Crippen LogP contribution in [0.25, 0.3) is 11.4 Å². The van der Waals surface area contributed by atoms with E-state index in [1.807, 2.05) is 0 Å². The molecule has 3 aromatic rings. The standard InChI is InChI=1S/C28H27ClF6N4O3/c1-2-3-10-38(26(41)18-12-19(27(30,31)32)15-20(13-18)28(33,34)35)16-23(40)39-11-5-4-9-22(39)25-36-24(37-42-25)17-7-6-8-21(29)14-17/h6-8,12-15,22H,2-5,9-11,16H2,1H3. The van der Waals surface area contributed by atoms with Crippen LogP contribution < -0.4 is 0 Å². The van der Waals surface area contributed by atoms with Crippen molar-refractivity contribution in [1.82, 2.24) is 19.9 Å². The molecule has 0 N–H and O–H groups in total. The van der Waals surface area contributed by atoms with Crippen LogP contribution in [0.3, 0.4) is 0 Å². The van der Waals surface area contributed by atoms with E-state index in [0.717, 1.165) is 11.3 Å². The van der Waals surface area contributed by atoms with Crippen LogP contribution in [0.15, 0.2) is 47.0 Å². The summed E-state index contributed by atoms with van der Waals surface area (Å²) < 4.78 is 85.9. The molecule has 7 nitrogen and oxygen atoms in total. The summed E-state index contributed by atoms with van der Waals surface area (Å²) in [5, 5.41) is 4.46. The maximum atomic E-state index is 13.5. The van der Waals surface area contributed by atoms with Gasteiger partial charge in [-0.1, -0.05) is 42.2 Å². The third-order valence-electron chi connectivity index (χ3n) is 6.86. The Kier molecular flexibility index (Phi) is 9.49. The van der Waals surface area contributed by atoms with E-state index in [4.69, 9.17) is 16.1 Å². The summed E-state index contributed by atoms with van der Waals surface area (Å²) in [7, 11) is 0. The smallest absolute Gasteiger partial charge is 0.337 e. The molecular weight excluding hydrogens is 590 g/mol. The van der Waals surface area contributed by atoms with Gasteiger partial charge in [-0.05, 0) is 56.0 Å². The van der Waals surface area contributed by atoms with Gasteiger partial charge in [-0.25, -0.2) is 0 Å². The second kappa shape index (κ2) is 12.7. The van der Waals surface area contributed by atoms with E-state index in [0.29, 0.717) is 48.4 Å². The highest BCUT2D eigenvalue weighted by Gasteiger charge is 2.39. The van der Waals surface area contributed by atoms with Gasteiger partial charge in [-0.3, -0.25) is 9.59 Å². The van der Waals surface area contributed by atoms with Gasteiger partial charge >= 0.3 is 12.4 Å². The van der Waals surface area contributed by atoms with Crippen LogP contribution in [0.4, 0.5) is 26.3 Å². The SMILES string of the molecule is CCCCN(CC(=O)N1CCCCC1c1nc(-c2cccc(Cl)c2)no1)C(=O)c1cc(C(F)(F)F)cc(C(F)(F)F)c1. The summed E-state index contributed by atoms with van der Waals surface area (Å²) in [5.74, 6) is -1.23. The number of hydrogen-bond acceptors (Lipinski definition) is 5. The van der Waals surface area contributed by atoms with Crippen molar-refractivity contribution in [3.63, 3.8) is 0 Å². The lowest BCUT2D eigenvalue weighted by Crippen LogP contribution is -2.46. The highest BCUT2D eigenvalue weighted by Crippen LogP contribution is 2.37. The van der Waals surface area contributed by atoms with Gasteiger partial charge in [0.2, 0.25) is 17.6 Å². The molecule has 2 aromatic carbocycles. The van der Waals surface area contributed by atoms with Crippen LogP contribution in [0.2, 0.25) is 5.02 Å². The normalized spacial score (nSPS) is 16.0. The van der Waals surface area contributed by atoms with Crippen LogP contribution in [0.1, 0.15) is 72.4 Å². The van der Waals surface area contributed by atoms with E-state index in [1.54, 1.807) is 31.2 Å². The van der Waals surface area contributed by atoms with E-state index >= 15 is 0 Å². The first-order chi connectivity index (χ1) is 19.8. The fourth-order valence-electron chi connectivity index (χ4n) is 4.72. The Morgan fingerprint density at radius 3 is 2.36 bits per heavy atom. The van der Waals surface area contributed by atoms with Crippen molar-refractivity contribution in [1.29, 1.82) is 0 Å². The largest absolute Gasteiger partial charge is 0.416 e. The molecule has 0 bridgehead atoms. The van der Waals surface area contributed by atoms with E-state index < -0.39 is 53.4 Å². The molecule has 42 heavy (non-hydrogen) atoms. The number of aromatic nitrogens is 2. The van der Waals surface area contributed by atoms with E-state index in [1.165, 1.54) is 4.90 Å². The van der Waals surface area contributed by atoms with E-state index in [9.17, 15) is 35.9 Å². The second-order valence-corrected chi connectivity index (χ2v) is 10.4. The van der Waals surface area contributed by atoms with E-state index in [2.05, 4.69) is 10.1 Å². The minimum atomic E-state index is -5.12. The molecule has 1 aromatic heterocycles. The molecule has 2 heterocycles. The van der Waals surface area contributed by atoms with Gasteiger partial charge in [0, 0.05) is 29.2 Å². The Hall–Kier alpha value is -3.61. The van der Waals surface area contributed by atoms with Gasteiger partial charge in [0.05, 0.1) is 11.1 Å². The molecule has 1 atom stereocenters. The van der Waals surface area contributed by atoms with Gasteiger partial charge in [0.25, 0.3) is 5.91 Å². The van der Waals surface area contributed by atoms with Gasteiger partial charge in [0.1, 0.15) is 12.6 Å². The fourth-order valence-corrected chi connectivity index (χ4v) is 4.91. The third-order valence-corrected chi connectivity index (χ3v) is 7.10. The number of piperidine rings is 1. The van der Waals surface area contributed by atoms with Crippen molar-refractivity contribution in [3.8, 4) is 11.4 Å². The molecular formula is C28H27ClF6N4O3. The van der Waals surface area contributed by atoms with Gasteiger partial charge in [0.15, 0.2) is 0 Å². The quantitative estimate of drug-likeness (QED) is 0.246. The number of carbonyl (C=O) groups excluding carboxylic acids is 2. The van der Waals surface area contributed by atoms with Crippen molar-refractivity contribution in [2.45, 2.75) is 57.4 Å². The average molecular weight is 617 g/mol. The third kappa shape index (κ3) is 7.42. The van der Waals surface area contributed by atoms with Crippen molar-refractivity contribution >= 4 is 23.4 Å². The number of hydrogen-bond donors (Lipinski definition) is 0. The Morgan fingerprint density at radius 2 is 1.74 bits per heavy atom. The number of carbonyl (C=O) groups is 2. The lowest BCUT2D eigenvalue weighted by Gasteiger charge is -2.35. The van der Waals surface area contributed by atoms with Crippen molar-refractivity contribution in [3.05, 3.63) is 70.1 Å². The zero-order valence-corrected chi connectivity index (χ0v) is 23.2. The Bertz CT molecular complexity index is 1390. The zero-order chi connectivity index (χ0) is 30.7. The molecule has 2 amide bonds. The number of amides is 2. The first-order valence-electron chi connectivity index (χ1n) is 13.3. The monoisotopic (exact) mass is 616 g/mol. The molecule has 1 aliphatic heterocycles. The average Bonchev–Trinajstić information content (AvgIpc) is 3.44. The summed E-state index contributed by atoms with van der Waals surface area (Å²) in [6.07, 6.45) is -7.43. The highest BCUT2D eigenvalue weighted by molar-refractivity contribution is 6.30. The number of unbranched alkanes of at least 4 members (excludes halogenated alkanes) is 1. The molecule has 4 rings (SSSR count). The predicted molar refractivity (Wildman–Crippen MR) is 140 cm³/mol. The molecule has 0 saturated carbocycles. The Balaban J connectivity index is 1.60. The van der Waals surface area contributed by atoms with Gasteiger partial charge in [-0.15, -0.1) is 0 Å². The molecule has 226 valence electrons. The van der Waals surface area contributed by atoms with Crippen LogP contribution in [0, 0.1) is 0 Å². The maximum absolute atomic E-state index is 13.5. The molecule has 1 aliphatic rings. The number of benzene rings is 2. The minimum absolute atomic E-state index is 0.0430. The predicted octanol–water partition coefficient (Wildman–Crippen LogP) is 7.42. The van der Waals surface area contributed by atoms with Crippen molar-refractivity contribution < 1.29 is 40.5 Å². The number of rotatable bonds is 8. The molecule has 1 unspecified atom stereocenters. The molecule has 1 saturated heterocycles. The Labute approximate surface area is 242 Å². The van der Waals surface area contributed by atoms with Gasteiger partial charge < -0.3 is 14.3 Å². The number of halogens is 7. The van der Waals surface area contributed by atoms with E-state index in [-0.39, 0.29) is 30.9 Å². The zero-order valence-electron chi connectivity index (χ0n) is 22.4. The number of alkyl halides is 6. The summed E-state index contributed by atoms with van der Waals surface area (Å²) >= 11 is 6.05. The van der Waals surface area contributed by atoms with Crippen LogP contribution in [-0.2, 0) is 17.1 Å². The van der Waals surface area contributed by atoms with Gasteiger partial charge in [-0.2, -0.15) is 31.3 Å². The summed E-state index contributed by atoms with van der Waals surface area (Å²) in [6.45, 7) is 1.49. The topological polar surface area (TPSA) is 79.5 Å². The fraction of sp³-hybridized carbons (Fsp3) is 0.429. The summed E-state index contributed by atoms with van der Waals surface area (Å²) in [5.41, 5.74) is -3.42. The first-order valence-corrected chi connectivity index (χ1v) is 13.6. The van der Waals surface area contributed by atoms with Crippen LogP contribution >= 0.6 is 11.6 Å². The second-order valence-electron chi connectivity index (χ2n) is 9.94. The first kappa shape index (κ1) is 31.3. The van der Waals surface area contributed by atoms with Crippen LogP contribution in [-0.4, -0.2) is 51.4 Å². The minimum Gasteiger partial charge on any atom is -0.337 e. The summed E-state index contributed by atoms with van der Waals surface area (Å²) in [4.78, 5) is 33.7. The van der Waals surface area contributed by atoms with Crippen molar-refractivity contribution in [2.24, 2.45) is 0 Å². The van der Waals surface area contributed by atoms with Crippen LogP contribution in [0.5, 0.6) is 0 Å². The molecule has 0 radical (unpaired) electrons. The summed E-state index contributed by atoms with van der Waals surface area (Å²) in [6, 6.07) is 6.87. The molecule has 0 aliphatic carbocycles.